The first-order valence-corrected chi connectivity index (χ1v) is 8.38. The fourth-order valence-corrected chi connectivity index (χ4v) is 2.56. The van der Waals surface area contributed by atoms with Gasteiger partial charge in [-0.3, -0.25) is 0 Å². The molecule has 3 heteroatoms. The zero-order valence-electron chi connectivity index (χ0n) is 15.2. The van der Waals surface area contributed by atoms with E-state index < -0.39 is 0 Å². The van der Waals surface area contributed by atoms with Gasteiger partial charge >= 0.3 is 0 Å². The standard InChI is InChI=1S/2C10H16.2ClH.Hf/c2*1-3-4-5-10-7-6-9(2)8-10;;;/h2*7-8H,3-6H2,1-2H3;2*1H;/p-2. The van der Waals surface area contributed by atoms with E-state index in [0.717, 1.165) is 0 Å². The summed E-state index contributed by atoms with van der Waals surface area (Å²) in [7, 11) is 0. The second kappa shape index (κ2) is 17.2. The van der Waals surface area contributed by atoms with Gasteiger partial charge in [-0.15, -0.1) is 0 Å². The van der Waals surface area contributed by atoms with Crippen molar-refractivity contribution in [3.8, 4) is 0 Å². The first-order chi connectivity index (χ1) is 9.65. The second-order valence-corrected chi connectivity index (χ2v) is 6.15. The van der Waals surface area contributed by atoms with Crippen LogP contribution in [-0.2, 0) is 25.8 Å². The summed E-state index contributed by atoms with van der Waals surface area (Å²) < 4.78 is 0. The van der Waals surface area contributed by atoms with Gasteiger partial charge in [-0.2, -0.15) is 0 Å². The third kappa shape index (κ3) is 13.4. The molecule has 0 amide bonds. The molecular formula is C20H32Cl2Hf-2. The van der Waals surface area contributed by atoms with Crippen LogP contribution in [0.4, 0.5) is 0 Å². The van der Waals surface area contributed by atoms with Crippen molar-refractivity contribution in [2.75, 3.05) is 0 Å². The monoisotopic (exact) mass is 522 g/mol. The summed E-state index contributed by atoms with van der Waals surface area (Å²) in [4.78, 5) is 0. The Bertz CT molecular complexity index is 377. The SMILES string of the molecule is CCCCC1=CCC(C)=C1.CCCCC1=CCC(C)=C1.[Cl-].[Cl-].[Hf]. The molecule has 0 aliphatic heterocycles. The smallest absolute Gasteiger partial charge is 0 e. The van der Waals surface area contributed by atoms with Crippen LogP contribution in [-0.4, -0.2) is 0 Å². The summed E-state index contributed by atoms with van der Waals surface area (Å²) in [6.45, 7) is 8.89. The van der Waals surface area contributed by atoms with Gasteiger partial charge in [0.05, 0.1) is 0 Å². The molecule has 0 saturated carbocycles. The quantitative estimate of drug-likeness (QED) is 0.456. The van der Waals surface area contributed by atoms with Crippen molar-refractivity contribution in [2.45, 2.75) is 79.1 Å². The Balaban J connectivity index is -0.000000308. The maximum absolute atomic E-state index is 2.35. The van der Waals surface area contributed by atoms with Crippen molar-refractivity contribution in [1.29, 1.82) is 0 Å². The van der Waals surface area contributed by atoms with Crippen LogP contribution in [0.5, 0.6) is 0 Å². The summed E-state index contributed by atoms with van der Waals surface area (Å²) in [6.07, 6.45) is 19.6. The molecule has 2 aliphatic rings. The van der Waals surface area contributed by atoms with E-state index in [0.29, 0.717) is 0 Å². The molecule has 0 radical (unpaired) electrons. The van der Waals surface area contributed by atoms with Crippen LogP contribution in [0.1, 0.15) is 79.1 Å². The maximum atomic E-state index is 2.35. The minimum Gasteiger partial charge on any atom is -1.00 e. The van der Waals surface area contributed by atoms with E-state index >= 15 is 0 Å². The number of allylic oxidation sites excluding steroid dienone is 8. The van der Waals surface area contributed by atoms with Crippen LogP contribution in [0.2, 0.25) is 0 Å². The van der Waals surface area contributed by atoms with E-state index in [-0.39, 0.29) is 50.7 Å². The summed E-state index contributed by atoms with van der Waals surface area (Å²) in [6, 6.07) is 0. The fourth-order valence-electron chi connectivity index (χ4n) is 2.56. The Hall–Kier alpha value is 0.410. The molecule has 0 aromatic carbocycles. The number of rotatable bonds is 6. The van der Waals surface area contributed by atoms with Gasteiger partial charge in [0.1, 0.15) is 0 Å². The summed E-state index contributed by atoms with van der Waals surface area (Å²) in [5.41, 5.74) is 6.15. The molecule has 0 fully saturated rings. The van der Waals surface area contributed by atoms with Gasteiger partial charge in [0.15, 0.2) is 0 Å². The Morgan fingerprint density at radius 3 is 1.30 bits per heavy atom. The average Bonchev–Trinajstić information content (AvgIpc) is 3.03. The normalized spacial score (nSPS) is 14.8. The molecule has 23 heavy (non-hydrogen) atoms. The molecule has 0 spiro atoms. The van der Waals surface area contributed by atoms with Crippen molar-refractivity contribution in [3.63, 3.8) is 0 Å². The van der Waals surface area contributed by atoms with Crippen molar-refractivity contribution in [1.82, 2.24) is 0 Å². The molecule has 132 valence electrons. The number of halogens is 2. The first kappa shape index (κ1) is 28.2. The Labute approximate surface area is 175 Å². The van der Waals surface area contributed by atoms with E-state index in [4.69, 9.17) is 0 Å². The minimum atomic E-state index is 0. The number of hydrogen-bond acceptors (Lipinski definition) is 0. The fraction of sp³-hybridized carbons (Fsp3) is 0.600. The number of unbranched alkanes of at least 4 members (excludes halogenated alkanes) is 2. The molecule has 0 N–H and O–H groups in total. The molecular weight excluding hydrogens is 490 g/mol. The predicted octanol–water partition coefficient (Wildman–Crippen LogP) is 0.912. The van der Waals surface area contributed by atoms with Crippen LogP contribution in [0.25, 0.3) is 0 Å². The first-order valence-electron chi connectivity index (χ1n) is 8.38. The van der Waals surface area contributed by atoms with Gasteiger partial charge in [0, 0.05) is 25.8 Å². The van der Waals surface area contributed by atoms with Crippen LogP contribution in [0, 0.1) is 0 Å². The average molecular weight is 522 g/mol. The molecule has 2 rings (SSSR count). The molecule has 0 atom stereocenters. The van der Waals surface area contributed by atoms with Crippen molar-refractivity contribution in [2.24, 2.45) is 0 Å². The number of hydrogen-bond donors (Lipinski definition) is 0. The van der Waals surface area contributed by atoms with Gasteiger partial charge in [-0.05, 0) is 52.4 Å². The molecule has 2 aliphatic carbocycles. The second-order valence-electron chi connectivity index (χ2n) is 6.15. The molecule has 0 saturated heterocycles. The third-order valence-corrected chi connectivity index (χ3v) is 3.87. The molecule has 0 aromatic heterocycles. The van der Waals surface area contributed by atoms with E-state index in [1.165, 1.54) is 62.5 Å². The van der Waals surface area contributed by atoms with Crippen LogP contribution in [0.3, 0.4) is 0 Å². The van der Waals surface area contributed by atoms with Gasteiger partial charge in [0.25, 0.3) is 0 Å². The van der Waals surface area contributed by atoms with E-state index in [1.807, 2.05) is 0 Å². The Kier molecular flexibility index (Phi) is 21.2. The predicted molar refractivity (Wildman–Crippen MR) is 92.0 cm³/mol. The molecule has 0 aromatic rings. The molecule has 0 nitrogen and oxygen atoms in total. The largest absolute Gasteiger partial charge is 1.00 e. The molecule has 0 bridgehead atoms. The van der Waals surface area contributed by atoms with Gasteiger partial charge in [-0.25, -0.2) is 0 Å². The van der Waals surface area contributed by atoms with Gasteiger partial charge in [0.2, 0.25) is 0 Å². The summed E-state index contributed by atoms with van der Waals surface area (Å²) in [5.74, 6) is 0. The summed E-state index contributed by atoms with van der Waals surface area (Å²) >= 11 is 0. The zero-order chi connectivity index (χ0) is 14.8. The minimum absolute atomic E-state index is 0. The van der Waals surface area contributed by atoms with Crippen LogP contribution < -0.4 is 24.8 Å². The Morgan fingerprint density at radius 1 is 0.739 bits per heavy atom. The van der Waals surface area contributed by atoms with E-state index in [2.05, 4.69) is 52.0 Å². The maximum Gasteiger partial charge on any atom is 0 e. The van der Waals surface area contributed by atoms with Crippen molar-refractivity contribution in [3.05, 3.63) is 46.6 Å². The van der Waals surface area contributed by atoms with Gasteiger partial charge < -0.3 is 24.8 Å². The van der Waals surface area contributed by atoms with Crippen LogP contribution in [0.15, 0.2) is 46.6 Å². The van der Waals surface area contributed by atoms with E-state index in [9.17, 15) is 0 Å². The van der Waals surface area contributed by atoms with Crippen molar-refractivity contribution < 1.29 is 50.7 Å². The van der Waals surface area contributed by atoms with Gasteiger partial charge in [-0.1, -0.05) is 73.3 Å². The summed E-state index contributed by atoms with van der Waals surface area (Å²) in [5, 5.41) is 0. The topological polar surface area (TPSA) is 0 Å². The zero-order valence-corrected chi connectivity index (χ0v) is 20.3. The van der Waals surface area contributed by atoms with E-state index in [1.54, 1.807) is 11.1 Å². The molecule has 0 heterocycles. The third-order valence-electron chi connectivity index (χ3n) is 3.87. The van der Waals surface area contributed by atoms with Crippen molar-refractivity contribution >= 4 is 0 Å². The Morgan fingerprint density at radius 2 is 1.09 bits per heavy atom. The molecule has 0 unspecified atom stereocenters. The van der Waals surface area contributed by atoms with Crippen LogP contribution >= 0.6 is 0 Å².